The van der Waals surface area contributed by atoms with Gasteiger partial charge in [0, 0.05) is 20.2 Å². The van der Waals surface area contributed by atoms with Crippen molar-refractivity contribution in [2.75, 3.05) is 41.5 Å². The van der Waals surface area contributed by atoms with Crippen LogP contribution in [-0.4, -0.2) is 64.5 Å². The van der Waals surface area contributed by atoms with E-state index >= 15 is 0 Å². The second-order valence-corrected chi connectivity index (χ2v) is 9.48. The Bertz CT molecular complexity index is 1110. The number of carbonyl (C=O) groups is 1. The number of rotatable bonds is 8. The molecule has 0 N–H and O–H groups in total. The smallest absolute Gasteiger partial charge is 0.310 e. The number of nitrogens with zero attached hydrogens (tertiary/aromatic N) is 1. The highest BCUT2D eigenvalue weighted by Crippen LogP contribution is 2.46. The highest BCUT2D eigenvalue weighted by atomic mass is 16.5. The van der Waals surface area contributed by atoms with Crippen LogP contribution in [0.25, 0.3) is 11.1 Å². The molecule has 2 atom stereocenters. The Kier molecular flexibility index (Phi) is 7.82. The molecule has 0 amide bonds. The first kappa shape index (κ1) is 25.3. The van der Waals surface area contributed by atoms with Gasteiger partial charge in [-0.3, -0.25) is 4.79 Å². The van der Waals surface area contributed by atoms with Crippen LogP contribution in [0.15, 0.2) is 47.3 Å². The molecule has 4 rings (SSSR count). The SMILES string of the molecule is CCc1cc2c(cc1OC)C(CC(=O)OC1CCN(C)C1)=C(C)/C2=C/C1=CCC(OC)C(OC)=C1. The molecule has 0 bridgehead atoms. The van der Waals surface area contributed by atoms with E-state index < -0.39 is 0 Å². The van der Waals surface area contributed by atoms with Crippen molar-refractivity contribution in [3.05, 3.63) is 64.0 Å². The van der Waals surface area contributed by atoms with E-state index in [0.717, 1.165) is 82.8 Å². The first-order chi connectivity index (χ1) is 16.9. The Morgan fingerprint density at radius 2 is 1.97 bits per heavy atom. The van der Waals surface area contributed by atoms with Crippen molar-refractivity contribution in [1.82, 2.24) is 4.90 Å². The molecular formula is C29H37NO5. The predicted molar refractivity (Wildman–Crippen MR) is 138 cm³/mol. The van der Waals surface area contributed by atoms with Gasteiger partial charge in [0.2, 0.25) is 0 Å². The maximum absolute atomic E-state index is 13.0. The minimum absolute atomic E-state index is 0.0278. The maximum Gasteiger partial charge on any atom is 0.310 e. The lowest BCUT2D eigenvalue weighted by molar-refractivity contribution is -0.147. The number of allylic oxidation sites excluding steroid dienone is 5. The summed E-state index contributed by atoms with van der Waals surface area (Å²) in [5, 5.41) is 0. The molecule has 188 valence electrons. The molecule has 2 aliphatic carbocycles. The van der Waals surface area contributed by atoms with Crippen molar-refractivity contribution in [2.24, 2.45) is 0 Å². The molecule has 6 heteroatoms. The number of carbonyl (C=O) groups excluding carboxylic acids is 1. The van der Waals surface area contributed by atoms with E-state index in [1.165, 1.54) is 0 Å². The number of likely N-dealkylation sites (tertiary alicyclic amines) is 1. The van der Waals surface area contributed by atoms with Crippen LogP contribution >= 0.6 is 0 Å². The third-order valence-corrected chi connectivity index (χ3v) is 7.27. The van der Waals surface area contributed by atoms with E-state index in [1.54, 1.807) is 21.3 Å². The lowest BCUT2D eigenvalue weighted by Crippen LogP contribution is -2.22. The van der Waals surface area contributed by atoms with Crippen molar-refractivity contribution in [1.29, 1.82) is 0 Å². The van der Waals surface area contributed by atoms with Gasteiger partial charge in [-0.15, -0.1) is 0 Å². The Morgan fingerprint density at radius 1 is 1.17 bits per heavy atom. The number of aryl methyl sites for hydroxylation is 1. The van der Waals surface area contributed by atoms with Gasteiger partial charge in [0.1, 0.15) is 23.7 Å². The molecule has 0 spiro atoms. The highest BCUT2D eigenvalue weighted by molar-refractivity contribution is 6.04. The number of hydrogen-bond donors (Lipinski definition) is 0. The number of methoxy groups -OCH3 is 3. The second-order valence-electron chi connectivity index (χ2n) is 9.48. The molecule has 0 saturated carbocycles. The third kappa shape index (κ3) is 5.24. The van der Waals surface area contributed by atoms with Crippen molar-refractivity contribution in [3.8, 4) is 5.75 Å². The molecule has 6 nitrogen and oxygen atoms in total. The predicted octanol–water partition coefficient (Wildman–Crippen LogP) is 4.94. The van der Waals surface area contributed by atoms with E-state index in [9.17, 15) is 4.79 Å². The van der Waals surface area contributed by atoms with Gasteiger partial charge in [-0.1, -0.05) is 13.0 Å². The quantitative estimate of drug-likeness (QED) is 0.492. The van der Waals surface area contributed by atoms with Crippen LogP contribution in [0, 0.1) is 0 Å². The van der Waals surface area contributed by atoms with Crippen LogP contribution in [0.3, 0.4) is 0 Å². The summed E-state index contributed by atoms with van der Waals surface area (Å²) in [7, 11) is 7.13. The third-order valence-electron chi connectivity index (χ3n) is 7.27. The maximum atomic E-state index is 13.0. The first-order valence-electron chi connectivity index (χ1n) is 12.4. The van der Waals surface area contributed by atoms with E-state index in [2.05, 4.69) is 50.1 Å². The zero-order chi connectivity index (χ0) is 25.1. The van der Waals surface area contributed by atoms with E-state index in [1.807, 2.05) is 6.08 Å². The summed E-state index contributed by atoms with van der Waals surface area (Å²) in [6, 6.07) is 4.28. The number of fused-ring (bicyclic) bond motifs is 1. The molecule has 0 radical (unpaired) electrons. The second kappa shape index (κ2) is 10.8. The summed E-state index contributed by atoms with van der Waals surface area (Å²) in [6.07, 6.45) is 9.05. The fourth-order valence-corrected chi connectivity index (χ4v) is 5.25. The van der Waals surface area contributed by atoms with Crippen molar-refractivity contribution in [2.45, 2.75) is 51.7 Å². The first-order valence-corrected chi connectivity index (χ1v) is 12.4. The average Bonchev–Trinajstić information content (AvgIpc) is 3.38. The largest absolute Gasteiger partial charge is 0.498 e. The van der Waals surface area contributed by atoms with Gasteiger partial charge in [0.05, 0.1) is 20.6 Å². The molecular weight excluding hydrogens is 442 g/mol. The van der Waals surface area contributed by atoms with Crippen LogP contribution in [0.5, 0.6) is 5.75 Å². The summed E-state index contributed by atoms with van der Waals surface area (Å²) in [4.78, 5) is 15.2. The van der Waals surface area contributed by atoms with E-state index in [-0.39, 0.29) is 24.6 Å². The van der Waals surface area contributed by atoms with Crippen LogP contribution in [0.2, 0.25) is 0 Å². The lowest BCUT2D eigenvalue weighted by atomic mass is 9.95. The van der Waals surface area contributed by atoms with Crippen molar-refractivity contribution in [3.63, 3.8) is 0 Å². The summed E-state index contributed by atoms with van der Waals surface area (Å²) < 4.78 is 22.6. The van der Waals surface area contributed by atoms with Crippen LogP contribution < -0.4 is 4.74 Å². The number of hydrogen-bond acceptors (Lipinski definition) is 6. The summed E-state index contributed by atoms with van der Waals surface area (Å²) >= 11 is 0. The van der Waals surface area contributed by atoms with Gasteiger partial charge < -0.3 is 23.8 Å². The van der Waals surface area contributed by atoms with Crippen LogP contribution in [0.4, 0.5) is 0 Å². The summed E-state index contributed by atoms with van der Waals surface area (Å²) in [5.74, 6) is 1.49. The molecule has 1 fully saturated rings. The van der Waals surface area contributed by atoms with Crippen molar-refractivity contribution < 1.29 is 23.7 Å². The Hall–Kier alpha value is -2.83. The van der Waals surface area contributed by atoms with Gasteiger partial charge >= 0.3 is 5.97 Å². The number of ether oxygens (including phenoxy) is 4. The molecule has 1 aromatic rings. The minimum Gasteiger partial charge on any atom is -0.498 e. The Morgan fingerprint density at radius 3 is 2.60 bits per heavy atom. The van der Waals surface area contributed by atoms with Crippen molar-refractivity contribution >= 4 is 17.1 Å². The zero-order valence-electron chi connectivity index (χ0n) is 21.8. The normalized spacial score (nSPS) is 23.3. The molecule has 2 unspecified atom stereocenters. The lowest BCUT2D eigenvalue weighted by Gasteiger charge is -2.21. The summed E-state index contributed by atoms with van der Waals surface area (Å²) in [5.41, 5.74) is 7.62. The molecule has 1 heterocycles. The van der Waals surface area contributed by atoms with Crippen LogP contribution in [-0.2, 0) is 25.4 Å². The Balaban J connectivity index is 1.71. The van der Waals surface area contributed by atoms with Gasteiger partial charge in [-0.05, 0) is 96.5 Å². The van der Waals surface area contributed by atoms with Gasteiger partial charge in [0.15, 0.2) is 0 Å². The van der Waals surface area contributed by atoms with Crippen LogP contribution in [0.1, 0.15) is 49.8 Å². The van der Waals surface area contributed by atoms with Gasteiger partial charge in [-0.2, -0.15) is 0 Å². The fourth-order valence-electron chi connectivity index (χ4n) is 5.25. The highest BCUT2D eigenvalue weighted by Gasteiger charge is 2.30. The van der Waals surface area contributed by atoms with Gasteiger partial charge in [0.25, 0.3) is 0 Å². The molecule has 1 aromatic carbocycles. The molecule has 35 heavy (non-hydrogen) atoms. The molecule has 1 saturated heterocycles. The monoisotopic (exact) mass is 479 g/mol. The molecule has 1 aliphatic heterocycles. The minimum atomic E-state index is -0.174. The van der Waals surface area contributed by atoms with E-state index in [4.69, 9.17) is 18.9 Å². The fraction of sp³-hybridized carbons (Fsp3) is 0.483. The number of benzene rings is 1. The number of likely N-dealkylation sites (N-methyl/N-ethyl adjacent to an activating group) is 1. The molecule has 0 aromatic heterocycles. The van der Waals surface area contributed by atoms with E-state index in [0.29, 0.717) is 0 Å². The number of esters is 1. The zero-order valence-corrected chi connectivity index (χ0v) is 21.8. The molecule has 3 aliphatic rings. The summed E-state index contributed by atoms with van der Waals surface area (Å²) in [6.45, 7) is 5.98. The average molecular weight is 480 g/mol. The standard InChI is InChI=1S/C29H37NO5/c1-7-20-14-24-22(12-19-8-9-26(32-4)28(13-19)34-6)18(2)23(25(24)15-27(20)33-5)16-29(31)35-21-10-11-30(3)17-21/h8,12-15,21,26H,7,9-11,16-17H2,1-6H3/b22-12-. The van der Waals surface area contributed by atoms with Gasteiger partial charge in [-0.25, -0.2) is 0 Å². The topological polar surface area (TPSA) is 57.2 Å². The Labute approximate surface area is 208 Å².